The van der Waals surface area contributed by atoms with Crippen LogP contribution in [0, 0.1) is 0 Å². The molecule has 1 atom stereocenters. The zero-order chi connectivity index (χ0) is 8.97. The van der Waals surface area contributed by atoms with Gasteiger partial charge in [0.1, 0.15) is 0 Å². The van der Waals surface area contributed by atoms with Crippen LogP contribution in [0.4, 0.5) is 0 Å². The maximum absolute atomic E-state index is 8.82. The van der Waals surface area contributed by atoms with Crippen LogP contribution in [0.5, 0.6) is 0 Å². The van der Waals surface area contributed by atoms with Gasteiger partial charge < -0.3 is 10.8 Å². The molecule has 0 aliphatic carbocycles. The van der Waals surface area contributed by atoms with Crippen molar-refractivity contribution < 1.29 is 5.11 Å². The van der Waals surface area contributed by atoms with Gasteiger partial charge in [0.25, 0.3) is 0 Å². The normalized spacial score (nSPS) is 12.5. The summed E-state index contributed by atoms with van der Waals surface area (Å²) < 4.78 is 0. The Morgan fingerprint density at radius 3 is 3.08 bits per heavy atom. The van der Waals surface area contributed by atoms with E-state index in [1.165, 1.54) is 0 Å². The van der Waals surface area contributed by atoms with Crippen LogP contribution < -0.4 is 5.73 Å². The van der Waals surface area contributed by atoms with Crippen LogP contribution in [0.1, 0.15) is 17.3 Å². The van der Waals surface area contributed by atoms with Gasteiger partial charge in [-0.25, -0.2) is 0 Å². The smallest absolute Gasteiger partial charge is 0.0672 e. The van der Waals surface area contributed by atoms with E-state index in [0.717, 1.165) is 11.3 Å². The largest absolute Gasteiger partial charge is 0.394 e. The van der Waals surface area contributed by atoms with Crippen molar-refractivity contribution in [2.24, 2.45) is 5.73 Å². The van der Waals surface area contributed by atoms with Gasteiger partial charge >= 0.3 is 0 Å². The van der Waals surface area contributed by atoms with Crippen molar-refractivity contribution in [2.75, 3.05) is 6.61 Å². The summed E-state index contributed by atoms with van der Waals surface area (Å²) in [6, 6.07) is 3.26. The van der Waals surface area contributed by atoms with Gasteiger partial charge in [0, 0.05) is 6.20 Å². The fourth-order valence-electron chi connectivity index (χ4n) is 1.01. The molecule has 0 aliphatic heterocycles. The maximum Gasteiger partial charge on any atom is 0.0672 e. The first-order chi connectivity index (χ1) is 5.79. The quantitative estimate of drug-likeness (QED) is 0.692. The van der Waals surface area contributed by atoms with E-state index in [0.29, 0.717) is 0 Å². The van der Waals surface area contributed by atoms with Crippen LogP contribution in [-0.2, 0) is 0 Å². The standard InChI is InChI=1S/C9H12N2O/c1-2-9-7(8(10)6-12)4-3-5-11-9/h2-5,8,12H,1,6,10H2/t8-/m1/s1. The third kappa shape index (κ3) is 1.69. The second-order valence-corrected chi connectivity index (χ2v) is 2.47. The Morgan fingerprint density at radius 2 is 2.50 bits per heavy atom. The molecule has 0 saturated heterocycles. The first kappa shape index (κ1) is 8.90. The summed E-state index contributed by atoms with van der Waals surface area (Å²) in [5, 5.41) is 8.82. The average molecular weight is 164 g/mol. The Balaban J connectivity index is 3.04. The molecule has 3 N–H and O–H groups in total. The van der Waals surface area contributed by atoms with Crippen molar-refractivity contribution in [1.29, 1.82) is 0 Å². The van der Waals surface area contributed by atoms with Crippen molar-refractivity contribution in [3.63, 3.8) is 0 Å². The van der Waals surface area contributed by atoms with Crippen molar-refractivity contribution in [3.8, 4) is 0 Å². The molecule has 64 valence electrons. The highest BCUT2D eigenvalue weighted by Gasteiger charge is 2.07. The monoisotopic (exact) mass is 164 g/mol. The molecule has 0 aromatic carbocycles. The predicted octanol–water partition coefficient (Wildman–Crippen LogP) is 0.717. The van der Waals surface area contributed by atoms with Gasteiger partial charge in [-0.1, -0.05) is 12.6 Å². The van der Waals surface area contributed by atoms with Crippen molar-refractivity contribution in [2.45, 2.75) is 6.04 Å². The number of nitrogens with zero attached hydrogens (tertiary/aromatic N) is 1. The van der Waals surface area contributed by atoms with Crippen LogP contribution in [0.15, 0.2) is 24.9 Å². The summed E-state index contributed by atoms with van der Waals surface area (Å²) in [5.41, 5.74) is 7.20. The molecule has 1 rings (SSSR count). The van der Waals surface area contributed by atoms with Crippen molar-refractivity contribution in [1.82, 2.24) is 4.98 Å². The van der Waals surface area contributed by atoms with E-state index >= 15 is 0 Å². The topological polar surface area (TPSA) is 59.1 Å². The Hall–Kier alpha value is -1.19. The molecule has 0 spiro atoms. The summed E-state index contributed by atoms with van der Waals surface area (Å²) in [5.74, 6) is 0. The third-order valence-electron chi connectivity index (χ3n) is 1.66. The summed E-state index contributed by atoms with van der Waals surface area (Å²) in [6.07, 6.45) is 3.30. The van der Waals surface area contributed by atoms with Crippen molar-refractivity contribution in [3.05, 3.63) is 36.2 Å². The number of aromatic nitrogens is 1. The number of hydrogen-bond acceptors (Lipinski definition) is 3. The molecular formula is C9H12N2O. The predicted molar refractivity (Wildman–Crippen MR) is 48.3 cm³/mol. The number of hydrogen-bond donors (Lipinski definition) is 2. The SMILES string of the molecule is C=Cc1ncccc1[C@H](N)CO. The van der Waals surface area contributed by atoms with Gasteiger partial charge in [0.2, 0.25) is 0 Å². The van der Waals surface area contributed by atoms with Gasteiger partial charge in [-0.15, -0.1) is 0 Å². The zero-order valence-corrected chi connectivity index (χ0v) is 6.77. The summed E-state index contributed by atoms with van der Waals surface area (Å²) >= 11 is 0. The van der Waals surface area contributed by atoms with Crippen LogP contribution in [0.2, 0.25) is 0 Å². The molecule has 0 unspecified atom stereocenters. The number of pyridine rings is 1. The van der Waals surface area contributed by atoms with E-state index < -0.39 is 0 Å². The average Bonchev–Trinajstić information content (AvgIpc) is 2.16. The summed E-state index contributed by atoms with van der Waals surface area (Å²) in [6.45, 7) is 3.53. The Bertz CT molecular complexity index is 273. The highest BCUT2D eigenvalue weighted by atomic mass is 16.3. The lowest BCUT2D eigenvalue weighted by Gasteiger charge is -2.10. The lowest BCUT2D eigenvalue weighted by molar-refractivity contribution is 0.267. The highest BCUT2D eigenvalue weighted by molar-refractivity contribution is 5.47. The lowest BCUT2D eigenvalue weighted by atomic mass is 10.1. The van der Waals surface area contributed by atoms with Crippen molar-refractivity contribution >= 4 is 6.08 Å². The maximum atomic E-state index is 8.82. The molecule has 12 heavy (non-hydrogen) atoms. The van der Waals surface area contributed by atoms with Crippen LogP contribution in [0.3, 0.4) is 0 Å². The molecule has 0 radical (unpaired) electrons. The molecule has 0 aliphatic rings. The summed E-state index contributed by atoms with van der Waals surface area (Å²) in [4.78, 5) is 4.06. The molecular weight excluding hydrogens is 152 g/mol. The minimum atomic E-state index is -0.369. The molecule has 1 aromatic heterocycles. The minimum absolute atomic E-state index is 0.0769. The molecule has 0 fully saturated rings. The minimum Gasteiger partial charge on any atom is -0.394 e. The van der Waals surface area contributed by atoms with Gasteiger partial charge in [-0.2, -0.15) is 0 Å². The van der Waals surface area contributed by atoms with Gasteiger partial charge in [-0.3, -0.25) is 4.98 Å². The van der Waals surface area contributed by atoms with E-state index in [-0.39, 0.29) is 12.6 Å². The molecule has 1 heterocycles. The number of aliphatic hydroxyl groups excluding tert-OH is 1. The third-order valence-corrected chi connectivity index (χ3v) is 1.66. The van der Waals surface area contributed by atoms with Crippen LogP contribution >= 0.6 is 0 Å². The lowest BCUT2D eigenvalue weighted by Crippen LogP contribution is -2.16. The Kier molecular flexibility index (Phi) is 2.96. The fraction of sp³-hybridized carbons (Fsp3) is 0.222. The van der Waals surface area contributed by atoms with Gasteiger partial charge in [0.05, 0.1) is 18.3 Å². The number of nitrogens with two attached hydrogens (primary N) is 1. The Morgan fingerprint density at radius 1 is 1.75 bits per heavy atom. The van der Waals surface area contributed by atoms with Gasteiger partial charge in [0.15, 0.2) is 0 Å². The molecule has 0 amide bonds. The second-order valence-electron chi connectivity index (χ2n) is 2.47. The highest BCUT2D eigenvalue weighted by Crippen LogP contribution is 2.13. The van der Waals surface area contributed by atoms with E-state index in [9.17, 15) is 0 Å². The Labute approximate surface area is 71.6 Å². The fourth-order valence-corrected chi connectivity index (χ4v) is 1.01. The first-order valence-electron chi connectivity index (χ1n) is 3.73. The molecule has 3 heteroatoms. The van der Waals surface area contributed by atoms with Crippen LogP contribution in [0.25, 0.3) is 6.08 Å². The molecule has 1 aromatic rings. The summed E-state index contributed by atoms with van der Waals surface area (Å²) in [7, 11) is 0. The van der Waals surface area contributed by atoms with E-state index in [1.807, 2.05) is 6.07 Å². The number of aliphatic hydroxyl groups is 1. The number of rotatable bonds is 3. The molecule has 0 saturated carbocycles. The van der Waals surface area contributed by atoms with E-state index in [4.69, 9.17) is 10.8 Å². The second kappa shape index (κ2) is 3.99. The van der Waals surface area contributed by atoms with E-state index in [2.05, 4.69) is 11.6 Å². The van der Waals surface area contributed by atoms with E-state index in [1.54, 1.807) is 18.3 Å². The van der Waals surface area contributed by atoms with Gasteiger partial charge in [-0.05, 0) is 17.7 Å². The zero-order valence-electron chi connectivity index (χ0n) is 6.77. The molecule has 0 bridgehead atoms. The molecule has 3 nitrogen and oxygen atoms in total. The van der Waals surface area contributed by atoms with Crippen LogP contribution in [-0.4, -0.2) is 16.7 Å². The first-order valence-corrected chi connectivity index (χ1v) is 3.73.